The summed E-state index contributed by atoms with van der Waals surface area (Å²) in [6, 6.07) is 9.02. The lowest BCUT2D eigenvalue weighted by Crippen LogP contribution is -2.53. The van der Waals surface area contributed by atoms with Gasteiger partial charge in [-0.25, -0.2) is 8.42 Å². The highest BCUT2D eigenvalue weighted by atomic mass is 32.2. The van der Waals surface area contributed by atoms with Crippen molar-refractivity contribution in [2.75, 3.05) is 31.5 Å². The third-order valence-corrected chi connectivity index (χ3v) is 8.21. The average molecular weight is 408 g/mol. The van der Waals surface area contributed by atoms with Crippen LogP contribution >= 0.6 is 11.3 Å². The monoisotopic (exact) mass is 407 g/mol. The van der Waals surface area contributed by atoms with Crippen LogP contribution in [0.3, 0.4) is 0 Å². The third-order valence-electron chi connectivity index (χ3n) is 4.94. The van der Waals surface area contributed by atoms with Crippen LogP contribution in [0.15, 0.2) is 39.9 Å². The molecule has 2 heterocycles. The smallest absolute Gasteiger partial charge is 0.252 e. The number of piperazine rings is 1. The summed E-state index contributed by atoms with van der Waals surface area (Å²) in [5.41, 5.74) is 2.94. The molecule has 0 spiro atoms. The van der Waals surface area contributed by atoms with Gasteiger partial charge in [0.1, 0.15) is 4.21 Å². The topological polar surface area (TPSA) is 69.7 Å². The van der Waals surface area contributed by atoms with Crippen molar-refractivity contribution in [2.24, 2.45) is 0 Å². The standard InChI is InChI=1S/C19H25N3O3S2/c1-14-6-7-15(2)17(13-14)20-19(23)16(3)21-8-10-22(11-9-21)27(24,25)18-5-4-12-26-18/h4-7,12-13,16H,8-11H2,1-3H3,(H,20,23)/t16-/m1/s1. The Bertz CT molecular complexity index is 902. The Morgan fingerprint density at radius 1 is 1.15 bits per heavy atom. The zero-order valence-corrected chi connectivity index (χ0v) is 17.4. The summed E-state index contributed by atoms with van der Waals surface area (Å²) in [6.07, 6.45) is 0. The Hall–Kier alpha value is -1.74. The quantitative estimate of drug-likeness (QED) is 0.827. The van der Waals surface area contributed by atoms with E-state index in [1.165, 1.54) is 15.6 Å². The van der Waals surface area contributed by atoms with Gasteiger partial charge in [0.15, 0.2) is 0 Å². The first-order valence-electron chi connectivity index (χ1n) is 8.95. The predicted molar refractivity (Wildman–Crippen MR) is 109 cm³/mol. The Morgan fingerprint density at radius 3 is 2.48 bits per heavy atom. The Morgan fingerprint density at radius 2 is 1.85 bits per heavy atom. The number of aryl methyl sites for hydroxylation is 2. The number of anilines is 1. The molecule has 1 atom stereocenters. The molecule has 1 aliphatic rings. The van der Waals surface area contributed by atoms with E-state index in [4.69, 9.17) is 0 Å². The first kappa shape index (κ1) is 20.0. The lowest BCUT2D eigenvalue weighted by molar-refractivity contribution is -0.121. The molecule has 6 nitrogen and oxygen atoms in total. The van der Waals surface area contributed by atoms with E-state index in [0.717, 1.165) is 16.8 Å². The molecule has 1 amide bonds. The summed E-state index contributed by atoms with van der Waals surface area (Å²) in [5.74, 6) is -0.0711. The second kappa shape index (κ2) is 8.10. The number of rotatable bonds is 5. The number of carbonyl (C=O) groups excluding carboxylic acids is 1. The van der Waals surface area contributed by atoms with E-state index < -0.39 is 10.0 Å². The largest absolute Gasteiger partial charge is 0.324 e. The van der Waals surface area contributed by atoms with E-state index >= 15 is 0 Å². The summed E-state index contributed by atoms with van der Waals surface area (Å²) in [6.45, 7) is 7.67. The number of amides is 1. The van der Waals surface area contributed by atoms with E-state index in [9.17, 15) is 13.2 Å². The Kier molecular flexibility index (Phi) is 6.00. The number of sulfonamides is 1. The Labute approximate surface area is 164 Å². The molecule has 1 aliphatic heterocycles. The fourth-order valence-corrected chi connectivity index (χ4v) is 5.71. The van der Waals surface area contributed by atoms with E-state index in [2.05, 4.69) is 5.32 Å². The minimum Gasteiger partial charge on any atom is -0.324 e. The molecule has 0 unspecified atom stereocenters. The number of thiophene rings is 1. The van der Waals surface area contributed by atoms with Gasteiger partial charge in [0.05, 0.1) is 6.04 Å². The van der Waals surface area contributed by atoms with Crippen LogP contribution in [0.5, 0.6) is 0 Å². The first-order chi connectivity index (χ1) is 12.8. The van der Waals surface area contributed by atoms with Crippen LogP contribution in [0.2, 0.25) is 0 Å². The van der Waals surface area contributed by atoms with E-state index in [1.54, 1.807) is 17.5 Å². The summed E-state index contributed by atoms with van der Waals surface area (Å²) in [7, 11) is -3.42. The van der Waals surface area contributed by atoms with Crippen molar-refractivity contribution in [3.63, 3.8) is 0 Å². The van der Waals surface area contributed by atoms with E-state index in [1.807, 2.05) is 43.9 Å². The number of nitrogens with one attached hydrogen (secondary N) is 1. The number of carbonyl (C=O) groups is 1. The molecular formula is C19H25N3O3S2. The Balaban J connectivity index is 1.60. The van der Waals surface area contributed by atoms with Gasteiger partial charge in [-0.3, -0.25) is 9.69 Å². The molecule has 1 saturated heterocycles. The maximum Gasteiger partial charge on any atom is 0.252 e. The number of hydrogen-bond acceptors (Lipinski definition) is 5. The van der Waals surface area contributed by atoms with Gasteiger partial charge >= 0.3 is 0 Å². The van der Waals surface area contributed by atoms with Gasteiger partial charge in [-0.2, -0.15) is 4.31 Å². The highest BCUT2D eigenvalue weighted by Crippen LogP contribution is 2.23. The minimum absolute atomic E-state index is 0.0711. The molecule has 1 fully saturated rings. The van der Waals surface area contributed by atoms with E-state index in [0.29, 0.717) is 30.4 Å². The summed E-state index contributed by atoms with van der Waals surface area (Å²) < 4.78 is 27.1. The summed E-state index contributed by atoms with van der Waals surface area (Å²) in [5, 5.41) is 4.77. The minimum atomic E-state index is -3.42. The SMILES string of the molecule is Cc1ccc(C)c(NC(=O)[C@@H](C)N2CCN(S(=O)(=O)c3cccs3)CC2)c1. The average Bonchev–Trinajstić information content (AvgIpc) is 3.20. The molecule has 27 heavy (non-hydrogen) atoms. The number of nitrogens with zero attached hydrogens (tertiary/aromatic N) is 2. The molecule has 0 radical (unpaired) electrons. The highest BCUT2D eigenvalue weighted by Gasteiger charge is 2.32. The van der Waals surface area contributed by atoms with Gasteiger partial charge < -0.3 is 5.32 Å². The lowest BCUT2D eigenvalue weighted by Gasteiger charge is -2.36. The zero-order chi connectivity index (χ0) is 19.6. The molecule has 0 saturated carbocycles. The predicted octanol–water partition coefficient (Wildman–Crippen LogP) is 2.70. The van der Waals surface area contributed by atoms with Gasteiger partial charge in [-0.05, 0) is 49.4 Å². The normalized spacial score (nSPS) is 17.6. The molecule has 3 rings (SSSR count). The van der Waals surface area contributed by atoms with Gasteiger partial charge in [-0.15, -0.1) is 11.3 Å². The summed E-state index contributed by atoms with van der Waals surface area (Å²) >= 11 is 1.23. The second-order valence-corrected chi connectivity index (χ2v) is 9.97. The zero-order valence-electron chi connectivity index (χ0n) is 15.8. The molecule has 146 valence electrons. The van der Waals surface area contributed by atoms with Gasteiger partial charge in [0.25, 0.3) is 10.0 Å². The van der Waals surface area contributed by atoms with Crippen molar-refractivity contribution in [2.45, 2.75) is 31.0 Å². The molecule has 1 aromatic heterocycles. The molecule has 0 aliphatic carbocycles. The molecule has 8 heteroatoms. The van der Waals surface area contributed by atoms with Crippen LogP contribution in [0.25, 0.3) is 0 Å². The van der Waals surface area contributed by atoms with Gasteiger partial charge in [-0.1, -0.05) is 18.2 Å². The first-order valence-corrected chi connectivity index (χ1v) is 11.3. The van der Waals surface area contributed by atoms with Crippen molar-refractivity contribution in [3.8, 4) is 0 Å². The second-order valence-electron chi connectivity index (χ2n) is 6.86. The van der Waals surface area contributed by atoms with Crippen LogP contribution in [-0.4, -0.2) is 55.8 Å². The van der Waals surface area contributed by atoms with Crippen LogP contribution in [0.1, 0.15) is 18.1 Å². The van der Waals surface area contributed by atoms with Crippen LogP contribution in [0.4, 0.5) is 5.69 Å². The van der Waals surface area contributed by atoms with Crippen LogP contribution in [0, 0.1) is 13.8 Å². The number of benzene rings is 1. The van der Waals surface area contributed by atoms with Crippen molar-refractivity contribution in [1.29, 1.82) is 0 Å². The summed E-state index contributed by atoms with van der Waals surface area (Å²) in [4.78, 5) is 14.7. The van der Waals surface area contributed by atoms with E-state index in [-0.39, 0.29) is 11.9 Å². The van der Waals surface area contributed by atoms with Crippen molar-refractivity contribution >= 4 is 33.0 Å². The fourth-order valence-electron chi connectivity index (χ4n) is 3.14. The maximum absolute atomic E-state index is 12.7. The van der Waals surface area contributed by atoms with Crippen molar-refractivity contribution in [1.82, 2.24) is 9.21 Å². The molecule has 1 aromatic carbocycles. The fraction of sp³-hybridized carbons (Fsp3) is 0.421. The van der Waals surface area contributed by atoms with Crippen LogP contribution in [-0.2, 0) is 14.8 Å². The van der Waals surface area contributed by atoms with Crippen LogP contribution < -0.4 is 5.32 Å². The van der Waals surface area contributed by atoms with Gasteiger partial charge in [0.2, 0.25) is 5.91 Å². The molecular weight excluding hydrogens is 382 g/mol. The molecule has 1 N–H and O–H groups in total. The third kappa shape index (κ3) is 4.40. The molecule has 2 aromatic rings. The lowest BCUT2D eigenvalue weighted by atomic mass is 10.1. The number of hydrogen-bond donors (Lipinski definition) is 1. The maximum atomic E-state index is 12.7. The van der Waals surface area contributed by atoms with Crippen molar-refractivity contribution in [3.05, 3.63) is 46.8 Å². The molecule has 0 bridgehead atoms. The van der Waals surface area contributed by atoms with Gasteiger partial charge in [0, 0.05) is 31.9 Å². The van der Waals surface area contributed by atoms with Crippen molar-refractivity contribution < 1.29 is 13.2 Å². The highest BCUT2D eigenvalue weighted by molar-refractivity contribution is 7.91.